The maximum Gasteiger partial charge on any atom is 0.334 e. The number of morpholine rings is 1. The number of carbonyl (C=O) groups excluding carboxylic acids is 1. The molecule has 6 nitrogen and oxygen atoms in total. The fourth-order valence-corrected chi connectivity index (χ4v) is 3.37. The van der Waals surface area contributed by atoms with Gasteiger partial charge in [0.05, 0.1) is 13.2 Å². The molecule has 2 fully saturated rings. The van der Waals surface area contributed by atoms with Gasteiger partial charge in [0.1, 0.15) is 0 Å². The van der Waals surface area contributed by atoms with Gasteiger partial charge in [-0.2, -0.15) is 0 Å². The molecule has 1 heterocycles. The van der Waals surface area contributed by atoms with Crippen molar-refractivity contribution in [1.82, 2.24) is 10.2 Å². The maximum absolute atomic E-state index is 12.4. The van der Waals surface area contributed by atoms with Gasteiger partial charge >= 0.3 is 12.0 Å². The molecule has 0 spiro atoms. The highest BCUT2D eigenvalue weighted by Gasteiger charge is 2.33. The summed E-state index contributed by atoms with van der Waals surface area (Å²) >= 11 is 0. The average molecular weight is 298 g/mol. The second-order valence-corrected chi connectivity index (χ2v) is 6.39. The summed E-state index contributed by atoms with van der Waals surface area (Å²) < 4.78 is 5.15. The second-order valence-electron chi connectivity index (χ2n) is 6.39. The van der Waals surface area contributed by atoms with Crippen LogP contribution in [0.25, 0.3) is 0 Å². The third kappa shape index (κ3) is 4.09. The van der Waals surface area contributed by atoms with Crippen LogP contribution in [0.4, 0.5) is 4.79 Å². The zero-order valence-electron chi connectivity index (χ0n) is 12.9. The van der Waals surface area contributed by atoms with Crippen LogP contribution in [0.2, 0.25) is 0 Å². The molecule has 1 aliphatic carbocycles. The molecule has 6 heteroatoms. The largest absolute Gasteiger partial charge is 0.479 e. The van der Waals surface area contributed by atoms with Crippen molar-refractivity contribution in [2.75, 3.05) is 19.7 Å². The van der Waals surface area contributed by atoms with Crippen molar-refractivity contribution in [3.05, 3.63) is 0 Å². The molecule has 0 aromatic carbocycles. The van der Waals surface area contributed by atoms with Crippen LogP contribution in [-0.2, 0) is 9.53 Å². The number of hydrogen-bond acceptors (Lipinski definition) is 3. The van der Waals surface area contributed by atoms with Crippen LogP contribution in [0.1, 0.15) is 39.5 Å². The quantitative estimate of drug-likeness (QED) is 0.831. The first-order chi connectivity index (χ1) is 9.99. The van der Waals surface area contributed by atoms with E-state index in [9.17, 15) is 9.59 Å². The van der Waals surface area contributed by atoms with Gasteiger partial charge in [0.15, 0.2) is 6.10 Å². The monoisotopic (exact) mass is 298 g/mol. The number of aliphatic carboxylic acids is 1. The Morgan fingerprint density at radius 2 is 2.00 bits per heavy atom. The molecule has 120 valence electrons. The van der Waals surface area contributed by atoms with Gasteiger partial charge in [-0.3, -0.25) is 0 Å². The second kappa shape index (κ2) is 7.11. The predicted octanol–water partition coefficient (Wildman–Crippen LogP) is 1.70. The minimum absolute atomic E-state index is 0.125. The van der Waals surface area contributed by atoms with Crippen molar-refractivity contribution in [1.29, 1.82) is 0 Å². The Kier molecular flexibility index (Phi) is 5.45. The first-order valence-electron chi connectivity index (χ1n) is 7.89. The molecule has 2 aliphatic rings. The zero-order valence-corrected chi connectivity index (χ0v) is 12.9. The SMILES string of the molecule is CC(C)C1CCCCC1NC(=O)N1CCOC(C(=O)O)C1. The van der Waals surface area contributed by atoms with Gasteiger partial charge in [0.25, 0.3) is 0 Å². The molecule has 3 unspecified atom stereocenters. The van der Waals surface area contributed by atoms with Crippen molar-refractivity contribution in [2.45, 2.75) is 51.7 Å². The molecule has 0 aromatic rings. The fraction of sp³-hybridized carbons (Fsp3) is 0.867. The number of carboxylic acid groups (broad SMARTS) is 1. The van der Waals surface area contributed by atoms with Crippen LogP contribution in [0.3, 0.4) is 0 Å². The third-order valence-electron chi connectivity index (χ3n) is 4.61. The molecule has 1 saturated carbocycles. The summed E-state index contributed by atoms with van der Waals surface area (Å²) in [6.45, 7) is 5.26. The van der Waals surface area contributed by atoms with E-state index in [1.54, 1.807) is 4.90 Å². The summed E-state index contributed by atoms with van der Waals surface area (Å²) in [5.74, 6) is 0.0521. The molecule has 0 bridgehead atoms. The van der Waals surface area contributed by atoms with Gasteiger partial charge in [0, 0.05) is 12.6 Å². The van der Waals surface area contributed by atoms with E-state index < -0.39 is 12.1 Å². The number of carboxylic acids is 1. The van der Waals surface area contributed by atoms with Gasteiger partial charge in [-0.05, 0) is 24.7 Å². The summed E-state index contributed by atoms with van der Waals surface area (Å²) in [4.78, 5) is 24.9. The number of nitrogens with one attached hydrogen (secondary N) is 1. The Bertz CT molecular complexity index is 386. The highest BCUT2D eigenvalue weighted by molar-refractivity contribution is 5.77. The lowest BCUT2D eigenvalue weighted by molar-refractivity contribution is -0.154. The number of carbonyl (C=O) groups is 2. The number of urea groups is 1. The van der Waals surface area contributed by atoms with E-state index >= 15 is 0 Å². The number of rotatable bonds is 3. The summed E-state index contributed by atoms with van der Waals surface area (Å²) in [5, 5.41) is 12.1. The molecule has 1 aliphatic heterocycles. The lowest BCUT2D eigenvalue weighted by Crippen LogP contribution is -2.55. The molecule has 21 heavy (non-hydrogen) atoms. The lowest BCUT2D eigenvalue weighted by atomic mass is 9.78. The Balaban J connectivity index is 1.92. The van der Waals surface area contributed by atoms with Crippen molar-refractivity contribution >= 4 is 12.0 Å². The van der Waals surface area contributed by atoms with Crippen LogP contribution in [0.15, 0.2) is 0 Å². The van der Waals surface area contributed by atoms with E-state index in [1.165, 1.54) is 6.42 Å². The molecular weight excluding hydrogens is 272 g/mol. The Hall–Kier alpha value is -1.30. The fourth-order valence-electron chi connectivity index (χ4n) is 3.37. The summed E-state index contributed by atoms with van der Waals surface area (Å²) in [6, 6.07) is 0.0551. The summed E-state index contributed by atoms with van der Waals surface area (Å²) in [5.41, 5.74) is 0. The number of amides is 2. The third-order valence-corrected chi connectivity index (χ3v) is 4.61. The lowest BCUT2D eigenvalue weighted by Gasteiger charge is -2.37. The molecule has 1 saturated heterocycles. The van der Waals surface area contributed by atoms with Crippen molar-refractivity contribution < 1.29 is 19.4 Å². The Morgan fingerprint density at radius 1 is 1.29 bits per heavy atom. The standard InChI is InChI=1S/C15H26N2O4/c1-10(2)11-5-3-4-6-12(11)16-15(20)17-7-8-21-13(9-17)14(18)19/h10-13H,3-9H2,1-2H3,(H,16,20)(H,18,19). The number of hydrogen-bond donors (Lipinski definition) is 2. The Labute approximate surface area is 125 Å². The van der Waals surface area contributed by atoms with Crippen LogP contribution in [0.5, 0.6) is 0 Å². The van der Waals surface area contributed by atoms with E-state index in [4.69, 9.17) is 9.84 Å². The minimum atomic E-state index is -1.01. The van der Waals surface area contributed by atoms with Gasteiger partial charge in [-0.15, -0.1) is 0 Å². The van der Waals surface area contributed by atoms with Gasteiger partial charge in [-0.25, -0.2) is 9.59 Å². The summed E-state index contributed by atoms with van der Waals surface area (Å²) in [6.07, 6.45) is 3.64. The van der Waals surface area contributed by atoms with E-state index in [0.717, 1.165) is 19.3 Å². The molecule has 2 amide bonds. The highest BCUT2D eigenvalue weighted by atomic mass is 16.5. The maximum atomic E-state index is 12.4. The van der Waals surface area contributed by atoms with E-state index in [0.29, 0.717) is 18.4 Å². The van der Waals surface area contributed by atoms with E-state index in [2.05, 4.69) is 19.2 Å². The molecule has 0 radical (unpaired) electrons. The topological polar surface area (TPSA) is 78.9 Å². The van der Waals surface area contributed by atoms with Crippen LogP contribution in [0, 0.1) is 11.8 Å². The van der Waals surface area contributed by atoms with Crippen molar-refractivity contribution in [3.63, 3.8) is 0 Å². The van der Waals surface area contributed by atoms with Gasteiger partial charge in [-0.1, -0.05) is 26.7 Å². The molecule has 2 N–H and O–H groups in total. The van der Waals surface area contributed by atoms with Crippen molar-refractivity contribution in [3.8, 4) is 0 Å². The van der Waals surface area contributed by atoms with Crippen molar-refractivity contribution in [2.24, 2.45) is 11.8 Å². The van der Waals surface area contributed by atoms with Crippen LogP contribution >= 0.6 is 0 Å². The van der Waals surface area contributed by atoms with E-state index in [-0.39, 0.29) is 25.2 Å². The van der Waals surface area contributed by atoms with Gasteiger partial charge < -0.3 is 20.1 Å². The van der Waals surface area contributed by atoms with E-state index in [1.807, 2.05) is 0 Å². The van der Waals surface area contributed by atoms with Crippen LogP contribution < -0.4 is 5.32 Å². The first kappa shape index (κ1) is 16.1. The molecule has 2 rings (SSSR count). The molecule has 0 aromatic heterocycles. The predicted molar refractivity (Wildman–Crippen MR) is 78.1 cm³/mol. The average Bonchev–Trinajstić information content (AvgIpc) is 2.47. The zero-order chi connectivity index (χ0) is 15.4. The normalized spacial score (nSPS) is 30.2. The molecular formula is C15H26N2O4. The van der Waals surface area contributed by atoms with Crippen LogP contribution in [-0.4, -0.2) is 53.8 Å². The number of ether oxygens (including phenoxy) is 1. The molecule has 3 atom stereocenters. The van der Waals surface area contributed by atoms with Gasteiger partial charge in [0.2, 0.25) is 0 Å². The smallest absolute Gasteiger partial charge is 0.334 e. The highest BCUT2D eigenvalue weighted by Crippen LogP contribution is 2.30. The Morgan fingerprint density at radius 3 is 2.67 bits per heavy atom. The number of nitrogens with zero attached hydrogens (tertiary/aromatic N) is 1. The summed E-state index contributed by atoms with van der Waals surface area (Å²) in [7, 11) is 0. The minimum Gasteiger partial charge on any atom is -0.479 e. The first-order valence-corrected chi connectivity index (χ1v) is 7.89.